The van der Waals surface area contributed by atoms with Crippen LogP contribution in [-0.4, -0.2) is 28.0 Å². The van der Waals surface area contributed by atoms with Crippen LogP contribution in [0.5, 0.6) is 0 Å². The van der Waals surface area contributed by atoms with Crippen LogP contribution in [0.4, 0.5) is 10.1 Å². The van der Waals surface area contributed by atoms with Crippen LogP contribution in [-0.2, 0) is 16.2 Å². The van der Waals surface area contributed by atoms with Gasteiger partial charge in [0.05, 0.1) is 17.8 Å². The zero-order valence-electron chi connectivity index (χ0n) is 18.2. The van der Waals surface area contributed by atoms with E-state index < -0.39 is 21.3 Å². The predicted octanol–water partition coefficient (Wildman–Crippen LogP) is 5.85. The molecule has 3 aromatic carbocycles. The molecule has 168 valence electrons. The lowest BCUT2D eigenvalue weighted by molar-refractivity contribution is -0.123. The minimum absolute atomic E-state index is 0.0370. The maximum absolute atomic E-state index is 14.6. The van der Waals surface area contributed by atoms with Gasteiger partial charge in [0.25, 0.3) is 11.8 Å². The van der Waals surface area contributed by atoms with Crippen LogP contribution in [0, 0.1) is 5.82 Å². The average molecular weight is 481 g/mol. The summed E-state index contributed by atoms with van der Waals surface area (Å²) in [6, 6.07) is 20.8. The summed E-state index contributed by atoms with van der Waals surface area (Å²) >= 11 is 7.84. The lowest BCUT2D eigenvalue weighted by Crippen LogP contribution is -2.50. The number of halogens is 2. The van der Waals surface area contributed by atoms with Gasteiger partial charge in [-0.3, -0.25) is 9.59 Å². The summed E-state index contributed by atoms with van der Waals surface area (Å²) in [5.74, 6) is -1.31. The van der Waals surface area contributed by atoms with Gasteiger partial charge >= 0.3 is 0 Å². The third kappa shape index (κ3) is 3.44. The number of hydrogen-bond donors (Lipinski definition) is 0. The molecular weight excluding hydrogens is 459 g/mol. The van der Waals surface area contributed by atoms with Crippen molar-refractivity contribution in [2.75, 3.05) is 11.4 Å². The number of amides is 2. The summed E-state index contributed by atoms with van der Waals surface area (Å²) in [5.41, 5.74) is 2.25. The molecule has 0 N–H and O–H groups in total. The monoisotopic (exact) mass is 480 g/mol. The van der Waals surface area contributed by atoms with Gasteiger partial charge in [-0.25, -0.2) is 4.39 Å². The first kappa shape index (κ1) is 22.0. The van der Waals surface area contributed by atoms with Crippen LogP contribution in [0.15, 0.2) is 72.8 Å². The molecule has 2 amide bonds. The van der Waals surface area contributed by atoms with E-state index in [1.165, 1.54) is 23.9 Å². The molecule has 2 aliphatic heterocycles. The molecule has 0 bridgehead atoms. The van der Waals surface area contributed by atoms with Crippen molar-refractivity contribution in [2.24, 2.45) is 0 Å². The number of nitrogens with zero attached hydrogens (tertiary/aromatic N) is 2. The molecule has 0 saturated carbocycles. The van der Waals surface area contributed by atoms with Crippen molar-refractivity contribution in [3.8, 4) is 0 Å². The average Bonchev–Trinajstić information content (AvgIpc) is 3.21. The topological polar surface area (TPSA) is 40.6 Å². The smallest absolute Gasteiger partial charge is 0.268 e. The summed E-state index contributed by atoms with van der Waals surface area (Å²) < 4.78 is 14.2. The van der Waals surface area contributed by atoms with Crippen LogP contribution in [0.2, 0.25) is 5.02 Å². The van der Waals surface area contributed by atoms with Crippen LogP contribution in [0.25, 0.3) is 0 Å². The Balaban J connectivity index is 1.65. The molecule has 1 saturated heterocycles. The molecule has 2 aliphatic rings. The van der Waals surface area contributed by atoms with E-state index in [9.17, 15) is 14.0 Å². The molecule has 5 rings (SSSR count). The zero-order valence-corrected chi connectivity index (χ0v) is 19.8. The lowest BCUT2D eigenvalue weighted by Gasteiger charge is -2.33. The van der Waals surface area contributed by atoms with Crippen molar-refractivity contribution in [1.29, 1.82) is 0 Å². The molecule has 1 fully saturated rings. The van der Waals surface area contributed by atoms with Crippen molar-refractivity contribution < 1.29 is 14.0 Å². The summed E-state index contributed by atoms with van der Waals surface area (Å²) in [6.45, 7) is 4.59. The summed E-state index contributed by atoms with van der Waals surface area (Å²) in [4.78, 5) is 29.8. The van der Waals surface area contributed by atoms with Crippen molar-refractivity contribution in [2.45, 2.75) is 30.0 Å². The number of para-hydroxylation sites is 1. The zero-order chi connectivity index (χ0) is 23.4. The fourth-order valence-electron chi connectivity index (χ4n) is 4.69. The third-order valence-corrected chi connectivity index (χ3v) is 8.03. The SMILES string of the molecule is CC1(C)CN(C(=O)c2ccccc2F)C2(S1)C(=O)N(Cc1ccccc1Cl)c1ccccc12. The van der Waals surface area contributed by atoms with Crippen molar-refractivity contribution in [3.05, 3.63) is 100 Å². The van der Waals surface area contributed by atoms with Crippen LogP contribution < -0.4 is 4.90 Å². The fourth-order valence-corrected chi connectivity index (χ4v) is 6.62. The van der Waals surface area contributed by atoms with Crippen LogP contribution >= 0.6 is 23.4 Å². The van der Waals surface area contributed by atoms with Gasteiger partial charge in [-0.05, 0) is 43.7 Å². The molecule has 2 heterocycles. The second-order valence-corrected chi connectivity index (χ2v) is 11.2. The van der Waals surface area contributed by atoms with Gasteiger partial charge in [-0.2, -0.15) is 0 Å². The first-order valence-electron chi connectivity index (χ1n) is 10.7. The normalized spacial score (nSPS) is 21.0. The number of fused-ring (bicyclic) bond motifs is 2. The van der Waals surface area contributed by atoms with E-state index >= 15 is 0 Å². The third-order valence-electron chi connectivity index (χ3n) is 6.07. The molecule has 0 radical (unpaired) electrons. The van der Waals surface area contributed by atoms with Crippen molar-refractivity contribution in [1.82, 2.24) is 4.90 Å². The Morgan fingerprint density at radius 3 is 2.45 bits per heavy atom. The maximum Gasteiger partial charge on any atom is 0.268 e. The first-order valence-corrected chi connectivity index (χ1v) is 11.9. The fraction of sp³-hybridized carbons (Fsp3) is 0.231. The highest BCUT2D eigenvalue weighted by Gasteiger charge is 2.63. The van der Waals surface area contributed by atoms with Crippen LogP contribution in [0.3, 0.4) is 0 Å². The molecule has 0 aromatic heterocycles. The minimum atomic E-state index is -1.28. The molecule has 1 spiro atoms. The van der Waals surface area contributed by atoms with E-state index in [0.29, 0.717) is 11.6 Å². The Bertz CT molecular complexity index is 1280. The second kappa shape index (κ2) is 7.89. The van der Waals surface area contributed by atoms with Gasteiger partial charge in [0.15, 0.2) is 4.87 Å². The largest absolute Gasteiger partial charge is 0.310 e. The number of carbonyl (C=O) groups excluding carboxylic acids is 2. The van der Waals surface area contributed by atoms with Gasteiger partial charge in [0.2, 0.25) is 0 Å². The summed E-state index contributed by atoms with van der Waals surface area (Å²) in [5, 5.41) is 0.572. The highest BCUT2D eigenvalue weighted by atomic mass is 35.5. The van der Waals surface area contributed by atoms with Gasteiger partial charge in [0, 0.05) is 21.9 Å². The Morgan fingerprint density at radius 1 is 1.03 bits per heavy atom. The molecule has 33 heavy (non-hydrogen) atoms. The Labute approximate surface area is 201 Å². The summed E-state index contributed by atoms with van der Waals surface area (Å²) in [7, 11) is 0. The maximum atomic E-state index is 14.6. The number of rotatable bonds is 3. The van der Waals surface area contributed by atoms with Gasteiger partial charge in [0.1, 0.15) is 5.82 Å². The standard InChI is InChI=1S/C26H22ClFN2O2S/c1-25(2)16-30(23(31)18-10-4-7-13-21(18)28)26(33-25)19-11-5-8-14-22(19)29(24(26)32)15-17-9-3-6-12-20(17)27/h3-14H,15-16H2,1-2H3. The second-order valence-electron chi connectivity index (χ2n) is 8.88. The Morgan fingerprint density at radius 2 is 1.70 bits per heavy atom. The van der Waals surface area contributed by atoms with Gasteiger partial charge < -0.3 is 9.80 Å². The molecule has 0 aliphatic carbocycles. The lowest BCUT2D eigenvalue weighted by atomic mass is 10.0. The highest BCUT2D eigenvalue weighted by Crippen LogP contribution is 2.60. The van der Waals surface area contributed by atoms with E-state index in [4.69, 9.17) is 11.6 Å². The minimum Gasteiger partial charge on any atom is -0.310 e. The van der Waals surface area contributed by atoms with Crippen LogP contribution in [0.1, 0.15) is 35.3 Å². The number of hydrogen-bond acceptors (Lipinski definition) is 3. The Hall–Kier alpha value is -2.83. The predicted molar refractivity (Wildman–Crippen MR) is 130 cm³/mol. The number of carbonyl (C=O) groups is 2. The van der Waals surface area contributed by atoms with E-state index in [0.717, 1.165) is 16.8 Å². The highest BCUT2D eigenvalue weighted by molar-refractivity contribution is 8.02. The molecule has 1 unspecified atom stereocenters. The quantitative estimate of drug-likeness (QED) is 0.472. The molecule has 4 nitrogen and oxygen atoms in total. The molecular formula is C26H22ClFN2O2S. The van der Waals surface area contributed by atoms with Crippen molar-refractivity contribution >= 4 is 40.9 Å². The van der Waals surface area contributed by atoms with E-state index in [2.05, 4.69) is 0 Å². The van der Waals surface area contributed by atoms with Gasteiger partial charge in [-0.15, -0.1) is 11.8 Å². The summed E-state index contributed by atoms with van der Waals surface area (Å²) in [6.07, 6.45) is 0. The van der Waals surface area contributed by atoms with E-state index in [1.54, 1.807) is 28.0 Å². The first-order chi connectivity index (χ1) is 15.7. The molecule has 1 atom stereocenters. The van der Waals surface area contributed by atoms with E-state index in [-0.39, 0.29) is 18.0 Å². The molecule has 3 aromatic rings. The molecule has 7 heteroatoms. The Kier molecular flexibility index (Phi) is 5.26. The number of benzene rings is 3. The number of anilines is 1. The number of thioether (sulfide) groups is 1. The van der Waals surface area contributed by atoms with Crippen molar-refractivity contribution in [3.63, 3.8) is 0 Å². The van der Waals surface area contributed by atoms with E-state index in [1.807, 2.05) is 56.3 Å². The van der Waals surface area contributed by atoms with Gasteiger partial charge in [-0.1, -0.05) is 60.1 Å².